The SMILES string of the molecule is CCc1cc(-c2nccn2Cc2cccc(-c3nn[nH]n3)c2)on1. The van der Waals surface area contributed by atoms with Crippen molar-refractivity contribution in [3.63, 3.8) is 0 Å². The van der Waals surface area contributed by atoms with Crippen molar-refractivity contribution in [3.05, 3.63) is 54.0 Å². The van der Waals surface area contributed by atoms with Gasteiger partial charge in [0.25, 0.3) is 0 Å². The number of aromatic amines is 1. The minimum atomic E-state index is 0.575. The quantitative estimate of drug-likeness (QED) is 0.606. The third kappa shape index (κ3) is 2.69. The zero-order chi connectivity index (χ0) is 16.4. The van der Waals surface area contributed by atoms with Crippen LogP contribution in [0, 0.1) is 0 Å². The summed E-state index contributed by atoms with van der Waals surface area (Å²) in [5.74, 6) is 2.00. The number of benzene rings is 1. The number of aryl methyl sites for hydroxylation is 1. The van der Waals surface area contributed by atoms with Crippen molar-refractivity contribution in [2.45, 2.75) is 19.9 Å². The van der Waals surface area contributed by atoms with Gasteiger partial charge in [-0.1, -0.05) is 30.3 Å². The summed E-state index contributed by atoms with van der Waals surface area (Å²) in [6, 6.07) is 9.93. The van der Waals surface area contributed by atoms with Crippen LogP contribution in [0.25, 0.3) is 23.0 Å². The Morgan fingerprint density at radius 2 is 2.21 bits per heavy atom. The highest BCUT2D eigenvalue weighted by Crippen LogP contribution is 2.21. The van der Waals surface area contributed by atoms with Crippen LogP contribution in [0.2, 0.25) is 0 Å². The molecular weight excluding hydrogens is 306 g/mol. The summed E-state index contributed by atoms with van der Waals surface area (Å²) in [6.45, 7) is 2.70. The molecule has 0 saturated heterocycles. The lowest BCUT2D eigenvalue weighted by atomic mass is 10.1. The Labute approximate surface area is 137 Å². The lowest BCUT2D eigenvalue weighted by Gasteiger charge is -2.07. The number of imidazole rings is 1. The van der Waals surface area contributed by atoms with Gasteiger partial charge in [0.1, 0.15) is 0 Å². The van der Waals surface area contributed by atoms with Crippen molar-refractivity contribution in [2.24, 2.45) is 0 Å². The highest BCUT2D eigenvalue weighted by Gasteiger charge is 2.12. The molecule has 1 N–H and O–H groups in total. The Hall–Kier alpha value is -3.29. The second-order valence-electron chi connectivity index (χ2n) is 5.35. The number of nitrogens with zero attached hydrogens (tertiary/aromatic N) is 6. The van der Waals surface area contributed by atoms with E-state index in [-0.39, 0.29) is 0 Å². The maximum Gasteiger partial charge on any atom is 0.204 e. The average molecular weight is 321 g/mol. The van der Waals surface area contributed by atoms with E-state index in [0.29, 0.717) is 18.1 Å². The number of tetrazole rings is 1. The van der Waals surface area contributed by atoms with Gasteiger partial charge >= 0.3 is 0 Å². The van der Waals surface area contributed by atoms with Crippen LogP contribution in [-0.2, 0) is 13.0 Å². The molecule has 0 aliphatic rings. The molecule has 24 heavy (non-hydrogen) atoms. The van der Waals surface area contributed by atoms with E-state index < -0.39 is 0 Å². The van der Waals surface area contributed by atoms with Crippen molar-refractivity contribution >= 4 is 0 Å². The molecule has 4 rings (SSSR count). The summed E-state index contributed by atoms with van der Waals surface area (Å²) in [5, 5.41) is 18.1. The standard InChI is InChI=1S/C16H15N7O/c1-2-13-9-14(24-20-13)16-17-6-7-23(16)10-11-4-3-5-12(8-11)15-18-21-22-19-15/h3-9H,2,10H2,1H3,(H,18,19,21,22). The van der Waals surface area contributed by atoms with E-state index in [1.807, 2.05) is 48.0 Å². The number of rotatable bonds is 5. The zero-order valence-corrected chi connectivity index (χ0v) is 13.0. The summed E-state index contributed by atoms with van der Waals surface area (Å²) in [5.41, 5.74) is 2.93. The fourth-order valence-electron chi connectivity index (χ4n) is 2.54. The largest absolute Gasteiger partial charge is 0.353 e. The Kier molecular flexibility index (Phi) is 3.62. The highest BCUT2D eigenvalue weighted by molar-refractivity contribution is 5.55. The van der Waals surface area contributed by atoms with Crippen molar-refractivity contribution < 1.29 is 4.52 Å². The zero-order valence-electron chi connectivity index (χ0n) is 13.0. The van der Waals surface area contributed by atoms with Gasteiger partial charge in [-0.2, -0.15) is 5.21 Å². The van der Waals surface area contributed by atoms with Gasteiger partial charge in [0.05, 0.1) is 5.69 Å². The average Bonchev–Trinajstić information content (AvgIpc) is 3.36. The highest BCUT2D eigenvalue weighted by atomic mass is 16.5. The van der Waals surface area contributed by atoms with Crippen LogP contribution in [-0.4, -0.2) is 35.3 Å². The van der Waals surface area contributed by atoms with Crippen LogP contribution in [0.5, 0.6) is 0 Å². The van der Waals surface area contributed by atoms with E-state index in [1.165, 1.54) is 0 Å². The topological polar surface area (TPSA) is 98.3 Å². The number of hydrogen-bond donors (Lipinski definition) is 1. The van der Waals surface area contributed by atoms with Crippen LogP contribution in [0.4, 0.5) is 0 Å². The van der Waals surface area contributed by atoms with Gasteiger partial charge in [0.2, 0.25) is 11.6 Å². The molecular formula is C16H15N7O. The van der Waals surface area contributed by atoms with Crippen molar-refractivity contribution in [1.29, 1.82) is 0 Å². The summed E-state index contributed by atoms with van der Waals surface area (Å²) in [4.78, 5) is 4.39. The van der Waals surface area contributed by atoms with Gasteiger partial charge in [0.15, 0.2) is 5.82 Å². The summed E-state index contributed by atoms with van der Waals surface area (Å²) in [6.07, 6.45) is 4.51. The third-order valence-corrected chi connectivity index (χ3v) is 3.74. The van der Waals surface area contributed by atoms with Crippen LogP contribution >= 0.6 is 0 Å². The molecule has 8 heteroatoms. The summed E-state index contributed by atoms with van der Waals surface area (Å²) < 4.78 is 7.42. The first kappa shape index (κ1) is 14.3. The second-order valence-corrected chi connectivity index (χ2v) is 5.35. The predicted molar refractivity (Wildman–Crippen MR) is 85.8 cm³/mol. The van der Waals surface area contributed by atoms with Gasteiger partial charge in [-0.3, -0.25) is 0 Å². The lowest BCUT2D eigenvalue weighted by Crippen LogP contribution is -2.01. The molecule has 3 aromatic heterocycles. The van der Waals surface area contributed by atoms with Crippen molar-refractivity contribution in [3.8, 4) is 23.0 Å². The minimum absolute atomic E-state index is 0.575. The number of hydrogen-bond acceptors (Lipinski definition) is 6. The molecule has 0 atom stereocenters. The van der Waals surface area contributed by atoms with Gasteiger partial charge in [-0.05, 0) is 23.3 Å². The van der Waals surface area contributed by atoms with E-state index in [0.717, 1.165) is 29.1 Å². The van der Waals surface area contributed by atoms with E-state index in [9.17, 15) is 0 Å². The van der Waals surface area contributed by atoms with E-state index in [1.54, 1.807) is 6.20 Å². The van der Waals surface area contributed by atoms with Crippen molar-refractivity contribution in [1.82, 2.24) is 35.3 Å². The first-order valence-corrected chi connectivity index (χ1v) is 7.63. The molecule has 0 saturated carbocycles. The Bertz CT molecular complexity index is 939. The molecule has 0 spiro atoms. The van der Waals surface area contributed by atoms with Crippen LogP contribution < -0.4 is 0 Å². The molecule has 1 aromatic carbocycles. The van der Waals surface area contributed by atoms with Crippen LogP contribution in [0.15, 0.2) is 47.2 Å². The van der Waals surface area contributed by atoms with E-state index in [2.05, 4.69) is 30.8 Å². The van der Waals surface area contributed by atoms with Gasteiger partial charge in [0, 0.05) is 30.6 Å². The number of nitrogens with one attached hydrogen (secondary N) is 1. The molecule has 120 valence electrons. The molecule has 4 aromatic rings. The Morgan fingerprint density at radius 1 is 1.25 bits per heavy atom. The monoisotopic (exact) mass is 321 g/mol. The normalized spacial score (nSPS) is 11.0. The summed E-state index contributed by atoms with van der Waals surface area (Å²) >= 11 is 0. The number of aromatic nitrogens is 7. The predicted octanol–water partition coefficient (Wildman–Crippen LogP) is 2.33. The van der Waals surface area contributed by atoms with Gasteiger partial charge in [-0.15, -0.1) is 10.2 Å². The molecule has 0 fully saturated rings. The lowest BCUT2D eigenvalue weighted by molar-refractivity contribution is 0.420. The maximum atomic E-state index is 5.40. The second kappa shape index (κ2) is 6.07. The molecule has 3 heterocycles. The van der Waals surface area contributed by atoms with Crippen molar-refractivity contribution in [2.75, 3.05) is 0 Å². The summed E-state index contributed by atoms with van der Waals surface area (Å²) in [7, 11) is 0. The fourth-order valence-corrected chi connectivity index (χ4v) is 2.54. The van der Waals surface area contributed by atoms with Gasteiger partial charge in [-0.25, -0.2) is 4.98 Å². The van der Waals surface area contributed by atoms with Crippen LogP contribution in [0.3, 0.4) is 0 Å². The number of H-pyrrole nitrogens is 1. The fraction of sp³-hybridized carbons (Fsp3) is 0.188. The van der Waals surface area contributed by atoms with Crippen LogP contribution in [0.1, 0.15) is 18.2 Å². The third-order valence-electron chi connectivity index (χ3n) is 3.74. The first-order chi connectivity index (χ1) is 11.8. The molecule has 0 aliphatic heterocycles. The maximum absolute atomic E-state index is 5.40. The Balaban J connectivity index is 1.63. The first-order valence-electron chi connectivity index (χ1n) is 7.63. The van der Waals surface area contributed by atoms with Gasteiger partial charge < -0.3 is 9.09 Å². The molecule has 0 amide bonds. The molecule has 8 nitrogen and oxygen atoms in total. The molecule has 0 bridgehead atoms. The molecule has 0 aliphatic carbocycles. The smallest absolute Gasteiger partial charge is 0.204 e. The molecule has 0 unspecified atom stereocenters. The van der Waals surface area contributed by atoms with E-state index in [4.69, 9.17) is 4.52 Å². The minimum Gasteiger partial charge on any atom is -0.353 e. The Morgan fingerprint density at radius 3 is 3.00 bits per heavy atom. The molecule has 0 radical (unpaired) electrons. The van der Waals surface area contributed by atoms with E-state index >= 15 is 0 Å².